The van der Waals surface area contributed by atoms with E-state index in [-0.39, 0.29) is 50.4 Å². The van der Waals surface area contributed by atoms with Crippen molar-refractivity contribution >= 4 is 80.2 Å². The first kappa shape index (κ1) is 37.5. The molecular formula is C34H37ClN7O10S2+. The number of β-lactam (4-membered cyclic amide) rings is 1. The Kier molecular flexibility index (Phi) is 9.56. The molecule has 4 aliphatic rings. The maximum absolute atomic E-state index is 13.9. The predicted molar refractivity (Wildman–Crippen MR) is 198 cm³/mol. The van der Waals surface area contributed by atoms with Gasteiger partial charge >= 0.3 is 11.9 Å². The number of phenols is 2. The van der Waals surface area contributed by atoms with Gasteiger partial charge in [0.05, 0.1) is 29.6 Å². The normalized spacial score (nSPS) is 21.2. The lowest BCUT2D eigenvalue weighted by Crippen LogP contribution is -2.71. The fourth-order valence-corrected chi connectivity index (χ4v) is 9.47. The molecule has 3 aromatic rings. The van der Waals surface area contributed by atoms with Crippen molar-refractivity contribution in [3.05, 3.63) is 55.4 Å². The molecule has 2 aromatic heterocycles. The molecule has 0 radical (unpaired) electrons. The maximum Gasteiger partial charge on any atom is 0.352 e. The zero-order chi connectivity index (χ0) is 38.9. The molecule has 7 N–H and O–H groups in total. The number of carboxylic acids is 2. The zero-order valence-corrected chi connectivity index (χ0v) is 31.5. The summed E-state index contributed by atoms with van der Waals surface area (Å²) in [4.78, 5) is 75.9. The minimum absolute atomic E-state index is 0.00212. The number of pyridine rings is 1. The molecule has 0 unspecified atom stereocenters. The van der Waals surface area contributed by atoms with E-state index in [9.17, 15) is 44.4 Å². The number of nitrogens with zero attached hydrogens (tertiary/aromatic N) is 5. The van der Waals surface area contributed by atoms with Crippen LogP contribution in [0.25, 0.3) is 10.9 Å². The van der Waals surface area contributed by atoms with Crippen LogP contribution >= 0.6 is 34.7 Å². The predicted octanol–water partition coefficient (Wildman–Crippen LogP) is 2.57. The number of benzene rings is 1. The number of thioether (sulfide) groups is 1. The van der Waals surface area contributed by atoms with Gasteiger partial charge in [-0.15, -0.1) is 11.8 Å². The first-order valence-electron chi connectivity index (χ1n) is 17.1. The molecule has 3 fully saturated rings. The Morgan fingerprint density at radius 1 is 1.13 bits per heavy atom. The van der Waals surface area contributed by atoms with Crippen LogP contribution in [0, 0.1) is 0 Å². The van der Waals surface area contributed by atoms with Crippen LogP contribution in [0.3, 0.4) is 0 Å². The monoisotopic (exact) mass is 802 g/mol. The number of aromatic nitrogens is 2. The van der Waals surface area contributed by atoms with E-state index in [0.29, 0.717) is 46.2 Å². The third-order valence-corrected chi connectivity index (χ3v) is 12.6. The SMILES string of the molecule is CC(C)(O/N=C(\C(=O)N[C@@H]1C(=O)N2C(C(=O)O)=C(C[N+]3(Cc4cn(C5CC5)c5cc(O)c(O)cc5c4=O)CCCC3)CS[C@H]12)c1nc(N)sc1Cl)C(=O)O. The molecule has 1 saturated carbocycles. The van der Waals surface area contributed by atoms with Crippen LogP contribution in [-0.2, 0) is 30.6 Å². The second-order valence-electron chi connectivity index (χ2n) is 14.4. The molecule has 54 heavy (non-hydrogen) atoms. The van der Waals surface area contributed by atoms with E-state index in [0.717, 1.165) is 41.9 Å². The molecule has 7 rings (SSSR count). The highest BCUT2D eigenvalue weighted by atomic mass is 35.5. The highest BCUT2D eigenvalue weighted by molar-refractivity contribution is 8.00. The van der Waals surface area contributed by atoms with Crippen LogP contribution in [0.5, 0.6) is 11.5 Å². The molecule has 20 heteroatoms. The van der Waals surface area contributed by atoms with E-state index >= 15 is 0 Å². The number of oxime groups is 1. The standard InChI is InChI=1S/C34H36ClN7O10S2/c1-34(2,32(50)51)52-39-23(22-27(35)54-33(36)38-22)28(46)37-24-29(47)41-25(31(48)49)16(14-53-30(24)41)13-42(7-3-4-8-42)12-15-11-40(17-5-6-17)19-10-21(44)20(43)9-18(19)26(15)45/h9-11,17,24,30H,3-8,12-14H2,1-2H3,(H6-,36,37,38,39,43,44,45,46,48,49,50,51)/p+1/t24-,30-/m1/s1. The summed E-state index contributed by atoms with van der Waals surface area (Å²) in [7, 11) is 0. The first-order valence-corrected chi connectivity index (χ1v) is 19.3. The van der Waals surface area contributed by atoms with Gasteiger partial charge in [-0.25, -0.2) is 14.6 Å². The van der Waals surface area contributed by atoms with E-state index in [4.69, 9.17) is 22.2 Å². The van der Waals surface area contributed by atoms with Crippen molar-refractivity contribution in [3.63, 3.8) is 0 Å². The zero-order valence-electron chi connectivity index (χ0n) is 29.1. The van der Waals surface area contributed by atoms with Crippen molar-refractivity contribution in [3.8, 4) is 11.5 Å². The lowest BCUT2D eigenvalue weighted by molar-refractivity contribution is -0.925. The molecular weight excluding hydrogens is 766 g/mol. The smallest absolute Gasteiger partial charge is 0.352 e. The summed E-state index contributed by atoms with van der Waals surface area (Å²) < 4.78 is 2.33. The van der Waals surface area contributed by atoms with Gasteiger partial charge in [0.25, 0.3) is 11.8 Å². The summed E-state index contributed by atoms with van der Waals surface area (Å²) in [5, 5.41) is 46.2. The number of nitrogens with one attached hydrogen (secondary N) is 1. The number of carbonyl (C=O) groups is 4. The minimum atomic E-state index is -1.84. The summed E-state index contributed by atoms with van der Waals surface area (Å²) in [5.41, 5.74) is 4.33. The number of fused-ring (bicyclic) bond motifs is 2. The lowest BCUT2D eigenvalue weighted by atomic mass is 10.0. The number of hydrogen-bond acceptors (Lipinski definition) is 13. The highest BCUT2D eigenvalue weighted by Crippen LogP contribution is 2.43. The number of carboxylic acid groups (broad SMARTS) is 2. The van der Waals surface area contributed by atoms with Gasteiger partial charge in [0.2, 0.25) is 5.60 Å². The van der Waals surface area contributed by atoms with Crippen LogP contribution in [0.15, 0.2) is 39.5 Å². The number of hydrogen-bond donors (Lipinski definition) is 6. The number of thiazole rings is 1. The molecule has 2 saturated heterocycles. The van der Waals surface area contributed by atoms with Gasteiger partial charge in [-0.05, 0) is 32.8 Å². The fraction of sp³-hybridized carbons (Fsp3) is 0.441. The average Bonchev–Trinajstić information content (AvgIpc) is 3.77. The summed E-state index contributed by atoms with van der Waals surface area (Å²) in [6.45, 7) is 4.34. The Balaban J connectivity index is 1.15. The molecule has 2 amide bonds. The number of likely N-dealkylation sites (tertiary alicyclic amines) is 1. The number of amides is 2. The molecule has 1 aromatic carbocycles. The largest absolute Gasteiger partial charge is 0.504 e. The van der Waals surface area contributed by atoms with Crippen molar-refractivity contribution < 1.29 is 48.9 Å². The number of anilines is 1. The van der Waals surface area contributed by atoms with Crippen LogP contribution in [0.1, 0.15) is 56.8 Å². The lowest BCUT2D eigenvalue weighted by Gasteiger charge is -2.50. The van der Waals surface area contributed by atoms with Gasteiger partial charge in [0, 0.05) is 42.5 Å². The van der Waals surface area contributed by atoms with Crippen molar-refractivity contribution in [2.24, 2.45) is 5.16 Å². The fourth-order valence-electron chi connectivity index (χ4n) is 7.21. The second kappa shape index (κ2) is 13.8. The third kappa shape index (κ3) is 6.73. The quantitative estimate of drug-likeness (QED) is 0.0508. The van der Waals surface area contributed by atoms with E-state index in [1.165, 1.54) is 37.7 Å². The maximum atomic E-state index is 13.9. The highest BCUT2D eigenvalue weighted by Gasteiger charge is 2.55. The minimum Gasteiger partial charge on any atom is -0.504 e. The molecule has 0 bridgehead atoms. The summed E-state index contributed by atoms with van der Waals surface area (Å²) in [6.07, 6.45) is 5.35. The number of nitrogens with two attached hydrogens (primary N) is 1. The Hall–Kier alpha value is -4.85. The summed E-state index contributed by atoms with van der Waals surface area (Å²) in [5.74, 6) is -4.79. The second-order valence-corrected chi connectivity index (χ2v) is 17.2. The third-order valence-electron chi connectivity index (χ3n) is 10.1. The number of nitrogen functional groups attached to an aromatic ring is 1. The number of halogens is 1. The van der Waals surface area contributed by atoms with Gasteiger partial charge in [-0.3, -0.25) is 19.3 Å². The Labute approximate surface area is 320 Å². The van der Waals surface area contributed by atoms with E-state index in [2.05, 4.69) is 15.5 Å². The van der Waals surface area contributed by atoms with E-state index in [1.807, 2.05) is 10.8 Å². The molecule has 3 aliphatic heterocycles. The van der Waals surface area contributed by atoms with Crippen molar-refractivity contribution in [2.45, 2.75) is 69.1 Å². The van der Waals surface area contributed by atoms with Gasteiger partial charge in [0.1, 0.15) is 40.2 Å². The molecule has 2 atom stereocenters. The van der Waals surface area contributed by atoms with Gasteiger partial charge < -0.3 is 45.4 Å². The van der Waals surface area contributed by atoms with Crippen molar-refractivity contribution in [1.29, 1.82) is 0 Å². The van der Waals surface area contributed by atoms with Crippen LogP contribution in [-0.4, -0.2) is 111 Å². The van der Waals surface area contributed by atoms with E-state index < -0.39 is 52.2 Å². The molecule has 5 heterocycles. The van der Waals surface area contributed by atoms with Gasteiger partial charge in [-0.2, -0.15) is 0 Å². The summed E-state index contributed by atoms with van der Waals surface area (Å²) >= 11 is 8.37. The van der Waals surface area contributed by atoms with Gasteiger partial charge in [-0.1, -0.05) is 28.1 Å². The number of carbonyl (C=O) groups excluding carboxylic acids is 2. The Bertz CT molecular complexity index is 2240. The number of rotatable bonds is 12. The molecule has 286 valence electrons. The Morgan fingerprint density at radius 2 is 1.81 bits per heavy atom. The molecule has 17 nitrogen and oxygen atoms in total. The number of aliphatic carboxylic acids is 2. The number of phenolic OH excluding ortho intramolecular Hbond substituents is 2. The summed E-state index contributed by atoms with van der Waals surface area (Å²) in [6, 6.07) is 1.68. The topological polar surface area (TPSA) is 247 Å². The van der Waals surface area contributed by atoms with Crippen LogP contribution in [0.4, 0.5) is 5.13 Å². The Morgan fingerprint density at radius 3 is 2.43 bits per heavy atom. The van der Waals surface area contributed by atoms with Crippen molar-refractivity contribution in [1.82, 2.24) is 19.8 Å². The number of aromatic hydroxyl groups is 2. The molecule has 1 aliphatic carbocycles. The van der Waals surface area contributed by atoms with Gasteiger partial charge in [0.15, 0.2) is 27.8 Å². The number of quaternary nitrogens is 1. The molecule has 0 spiro atoms. The van der Waals surface area contributed by atoms with E-state index in [1.54, 1.807) is 0 Å². The van der Waals surface area contributed by atoms with Crippen LogP contribution < -0.4 is 16.5 Å². The first-order chi connectivity index (χ1) is 25.5. The average molecular weight is 803 g/mol. The van der Waals surface area contributed by atoms with Crippen molar-refractivity contribution in [2.75, 3.05) is 31.1 Å². The van der Waals surface area contributed by atoms with Crippen LogP contribution in [0.2, 0.25) is 4.34 Å².